The van der Waals surface area contributed by atoms with Crippen LogP contribution in [0.5, 0.6) is 0 Å². The van der Waals surface area contributed by atoms with Crippen LogP contribution in [0.1, 0.15) is 32.8 Å². The van der Waals surface area contributed by atoms with Gasteiger partial charge in [0.1, 0.15) is 12.6 Å². The van der Waals surface area contributed by atoms with E-state index in [0.29, 0.717) is 6.67 Å². The number of aliphatic hydroxyl groups is 1. The smallest absolute Gasteiger partial charge is 0.308 e. The van der Waals surface area contributed by atoms with Crippen molar-refractivity contribution < 1.29 is 19.4 Å². The van der Waals surface area contributed by atoms with Gasteiger partial charge in [-0.2, -0.15) is 0 Å². The molecule has 7 heteroatoms. The van der Waals surface area contributed by atoms with E-state index < -0.39 is 18.1 Å². The Kier molecular flexibility index (Phi) is 9.04. The van der Waals surface area contributed by atoms with Crippen molar-refractivity contribution in [1.29, 1.82) is 0 Å². The number of nitrogens with one attached hydrogen (secondary N) is 1. The summed E-state index contributed by atoms with van der Waals surface area (Å²) in [7, 11) is 0. The molecule has 4 rings (SSSR count). The van der Waals surface area contributed by atoms with E-state index in [1.165, 1.54) is 0 Å². The topological polar surface area (TPSA) is 82.1 Å². The first kappa shape index (κ1) is 27.9. The van der Waals surface area contributed by atoms with E-state index in [4.69, 9.17) is 4.74 Å². The number of carbonyl (C=O) groups is 2. The molecular formula is C32H37N3O4. The van der Waals surface area contributed by atoms with E-state index in [1.807, 2.05) is 104 Å². The lowest BCUT2D eigenvalue weighted by molar-refractivity contribution is -0.148. The molecule has 39 heavy (non-hydrogen) atoms. The van der Waals surface area contributed by atoms with Gasteiger partial charge in [-0.25, -0.2) is 0 Å². The Morgan fingerprint density at radius 1 is 0.897 bits per heavy atom. The minimum Gasteiger partial charge on any atom is -0.461 e. The van der Waals surface area contributed by atoms with E-state index in [-0.39, 0.29) is 31.0 Å². The third-order valence-corrected chi connectivity index (χ3v) is 6.91. The number of nitrogens with zero attached hydrogens (tertiary/aromatic N) is 2. The highest BCUT2D eigenvalue weighted by molar-refractivity contribution is 5.87. The van der Waals surface area contributed by atoms with Crippen molar-refractivity contribution in [3.8, 4) is 11.1 Å². The molecule has 0 saturated carbocycles. The molecule has 2 atom stereocenters. The molecule has 3 aromatic rings. The SMILES string of the molecule is CC(C)(C)[C@@H](CO)NC(=O)C(CC(=O)OCc1ccccc1)N1C=CN(c2ccc(-c3ccccc3)cc2)C1. The summed E-state index contributed by atoms with van der Waals surface area (Å²) in [5.74, 6) is -0.791. The average molecular weight is 528 g/mol. The molecule has 0 aliphatic carbocycles. The number of ether oxygens (including phenoxy) is 1. The van der Waals surface area contributed by atoms with Crippen molar-refractivity contribution in [3.05, 3.63) is 103 Å². The first-order valence-corrected chi connectivity index (χ1v) is 13.2. The number of carbonyl (C=O) groups excluding carboxylic acids is 2. The Labute approximate surface area is 230 Å². The highest BCUT2D eigenvalue weighted by atomic mass is 16.5. The van der Waals surface area contributed by atoms with Crippen LogP contribution in [0, 0.1) is 5.41 Å². The zero-order valence-electron chi connectivity index (χ0n) is 22.8. The summed E-state index contributed by atoms with van der Waals surface area (Å²) >= 11 is 0. The molecule has 1 amide bonds. The van der Waals surface area contributed by atoms with Crippen LogP contribution in [0.3, 0.4) is 0 Å². The lowest BCUT2D eigenvalue weighted by Gasteiger charge is -2.34. The Balaban J connectivity index is 1.46. The van der Waals surface area contributed by atoms with E-state index in [0.717, 1.165) is 22.4 Å². The molecule has 0 radical (unpaired) electrons. The number of rotatable bonds is 10. The second-order valence-corrected chi connectivity index (χ2v) is 10.8. The van der Waals surface area contributed by atoms with Crippen LogP contribution in [0.25, 0.3) is 11.1 Å². The van der Waals surface area contributed by atoms with Crippen LogP contribution < -0.4 is 10.2 Å². The quantitative estimate of drug-likeness (QED) is 0.364. The lowest BCUT2D eigenvalue weighted by Crippen LogP contribution is -2.53. The molecule has 0 spiro atoms. The predicted molar refractivity (Wildman–Crippen MR) is 153 cm³/mol. The van der Waals surface area contributed by atoms with E-state index >= 15 is 0 Å². The molecule has 204 valence electrons. The molecular weight excluding hydrogens is 490 g/mol. The summed E-state index contributed by atoms with van der Waals surface area (Å²) in [4.78, 5) is 30.2. The molecule has 1 heterocycles. The zero-order valence-corrected chi connectivity index (χ0v) is 22.8. The van der Waals surface area contributed by atoms with Crippen LogP contribution >= 0.6 is 0 Å². The highest BCUT2D eigenvalue weighted by Gasteiger charge is 2.34. The Morgan fingerprint density at radius 3 is 2.13 bits per heavy atom. The number of hydrogen-bond acceptors (Lipinski definition) is 6. The molecule has 0 aromatic heterocycles. The summed E-state index contributed by atoms with van der Waals surface area (Å²) in [6.07, 6.45) is 3.61. The average Bonchev–Trinajstić information content (AvgIpc) is 3.44. The third kappa shape index (κ3) is 7.48. The van der Waals surface area contributed by atoms with E-state index in [2.05, 4.69) is 29.6 Å². The second-order valence-electron chi connectivity index (χ2n) is 10.8. The zero-order chi connectivity index (χ0) is 27.8. The summed E-state index contributed by atoms with van der Waals surface area (Å²) in [5, 5.41) is 12.9. The van der Waals surface area contributed by atoms with Crippen molar-refractivity contribution in [2.75, 3.05) is 18.2 Å². The van der Waals surface area contributed by atoms with Crippen molar-refractivity contribution in [2.24, 2.45) is 5.41 Å². The van der Waals surface area contributed by atoms with Gasteiger partial charge in [0.25, 0.3) is 0 Å². The Hall–Kier alpha value is -4.10. The van der Waals surface area contributed by atoms with Gasteiger partial charge in [-0.15, -0.1) is 0 Å². The Morgan fingerprint density at radius 2 is 1.51 bits per heavy atom. The predicted octanol–water partition coefficient (Wildman–Crippen LogP) is 4.93. The molecule has 2 N–H and O–H groups in total. The molecule has 1 aliphatic rings. The van der Waals surface area contributed by atoms with Crippen molar-refractivity contribution >= 4 is 17.6 Å². The van der Waals surface area contributed by atoms with Crippen molar-refractivity contribution in [1.82, 2.24) is 10.2 Å². The molecule has 0 bridgehead atoms. The highest BCUT2D eigenvalue weighted by Crippen LogP contribution is 2.27. The van der Waals surface area contributed by atoms with Gasteiger partial charge < -0.3 is 25.0 Å². The molecule has 1 unspecified atom stereocenters. The lowest BCUT2D eigenvalue weighted by atomic mass is 9.87. The normalized spacial score (nSPS) is 14.7. The van der Waals surface area contributed by atoms with Crippen LogP contribution in [0.2, 0.25) is 0 Å². The van der Waals surface area contributed by atoms with Gasteiger partial charge in [0.05, 0.1) is 25.7 Å². The van der Waals surface area contributed by atoms with Gasteiger partial charge >= 0.3 is 5.97 Å². The Bertz CT molecular complexity index is 1250. The fourth-order valence-corrected chi connectivity index (χ4v) is 4.40. The number of hydrogen-bond donors (Lipinski definition) is 2. The molecule has 1 aliphatic heterocycles. The maximum absolute atomic E-state index is 13.5. The third-order valence-electron chi connectivity index (χ3n) is 6.91. The number of anilines is 1. The minimum atomic E-state index is -0.797. The number of aliphatic hydroxyl groups excluding tert-OH is 1. The van der Waals surface area contributed by atoms with E-state index in [9.17, 15) is 14.7 Å². The fourth-order valence-electron chi connectivity index (χ4n) is 4.40. The van der Waals surface area contributed by atoms with Crippen molar-refractivity contribution in [2.45, 2.75) is 45.9 Å². The van der Waals surface area contributed by atoms with Gasteiger partial charge in [-0.3, -0.25) is 9.59 Å². The summed E-state index contributed by atoms with van der Waals surface area (Å²) in [6.45, 7) is 6.20. The first-order chi connectivity index (χ1) is 18.7. The largest absolute Gasteiger partial charge is 0.461 e. The maximum atomic E-state index is 13.5. The van der Waals surface area contributed by atoms with Gasteiger partial charge in [0.15, 0.2) is 0 Å². The first-order valence-electron chi connectivity index (χ1n) is 13.2. The molecule has 7 nitrogen and oxygen atoms in total. The van der Waals surface area contributed by atoms with Crippen LogP contribution in [0.4, 0.5) is 5.69 Å². The molecule has 0 fully saturated rings. The minimum absolute atomic E-state index is 0.119. The van der Waals surface area contributed by atoms with Crippen LogP contribution in [-0.2, 0) is 20.9 Å². The summed E-state index contributed by atoms with van der Waals surface area (Å²) < 4.78 is 5.50. The van der Waals surface area contributed by atoms with Crippen molar-refractivity contribution in [3.63, 3.8) is 0 Å². The van der Waals surface area contributed by atoms with Gasteiger partial charge in [-0.05, 0) is 34.2 Å². The van der Waals surface area contributed by atoms with Gasteiger partial charge in [-0.1, -0.05) is 93.6 Å². The second kappa shape index (κ2) is 12.6. The van der Waals surface area contributed by atoms with E-state index in [1.54, 1.807) is 0 Å². The fraction of sp³-hybridized carbons (Fsp3) is 0.312. The van der Waals surface area contributed by atoms with Gasteiger partial charge in [0, 0.05) is 18.1 Å². The van der Waals surface area contributed by atoms with Gasteiger partial charge in [0.2, 0.25) is 5.91 Å². The molecule has 0 saturated heterocycles. The monoisotopic (exact) mass is 527 g/mol. The molecule has 3 aromatic carbocycles. The number of amides is 1. The maximum Gasteiger partial charge on any atom is 0.308 e. The number of benzene rings is 3. The van der Waals surface area contributed by atoms with Crippen LogP contribution in [-0.4, -0.2) is 47.2 Å². The van der Waals surface area contributed by atoms with Crippen LogP contribution in [0.15, 0.2) is 97.3 Å². The standard InChI is InChI=1S/C32H37N3O4/c1-32(2,3)29(21-36)33-31(38)28(20-30(37)39-22-24-10-6-4-7-11-24)35-19-18-34(23-35)27-16-14-26(15-17-27)25-12-8-5-9-13-25/h4-19,28-29,36H,20-23H2,1-3H3,(H,33,38)/t28?,29-/m1/s1. The number of esters is 1. The summed E-state index contributed by atoms with van der Waals surface area (Å²) in [5.41, 5.74) is 3.77. The summed E-state index contributed by atoms with van der Waals surface area (Å²) in [6, 6.07) is 26.6.